The molecule has 0 saturated heterocycles. The average molecular weight is 440 g/mol. The summed E-state index contributed by atoms with van der Waals surface area (Å²) in [6.45, 7) is 0. The fourth-order valence-corrected chi connectivity index (χ4v) is 4.28. The number of primary amides is 1. The van der Waals surface area contributed by atoms with Crippen molar-refractivity contribution in [2.24, 2.45) is 16.8 Å². The molecule has 1 saturated carbocycles. The van der Waals surface area contributed by atoms with Gasteiger partial charge in [-0.15, -0.1) is 5.10 Å². The first-order valence-electron chi connectivity index (χ1n) is 9.72. The predicted molar refractivity (Wildman–Crippen MR) is 111 cm³/mol. The van der Waals surface area contributed by atoms with E-state index in [-0.39, 0.29) is 17.6 Å². The maximum absolute atomic E-state index is 12.2. The number of rotatable bonds is 7. The molecule has 1 amide bonds. The zero-order valence-electron chi connectivity index (χ0n) is 16.5. The highest BCUT2D eigenvalue weighted by molar-refractivity contribution is 7.92. The van der Waals surface area contributed by atoms with E-state index in [1.807, 2.05) is 0 Å². The molecule has 3 aromatic rings. The molecule has 160 valence electrons. The third-order valence-electron chi connectivity index (χ3n) is 5.53. The third-order valence-corrected chi connectivity index (χ3v) is 5.78. The quantitative estimate of drug-likeness (QED) is 0.412. The van der Waals surface area contributed by atoms with Gasteiger partial charge >= 0.3 is 5.97 Å². The molecule has 1 fully saturated rings. The molecule has 4 N–H and O–H groups in total. The number of nitrogens with two attached hydrogens (primary N) is 2. The SMILES string of the molecule is N#CCC(C1CCCC1)n1cc(-c2nc(C(=O)OSN)nn3c(C(N)=O)ccc23)cn1. The summed E-state index contributed by atoms with van der Waals surface area (Å²) >= 11 is 0.374. The van der Waals surface area contributed by atoms with Gasteiger partial charge in [-0.25, -0.2) is 19.4 Å². The maximum atomic E-state index is 12.2. The van der Waals surface area contributed by atoms with Gasteiger partial charge in [-0.2, -0.15) is 10.4 Å². The molecule has 1 aliphatic carbocycles. The topological polar surface area (TPSA) is 167 Å². The van der Waals surface area contributed by atoms with Crippen molar-refractivity contribution in [3.8, 4) is 17.3 Å². The van der Waals surface area contributed by atoms with E-state index in [0.717, 1.165) is 25.7 Å². The standard InChI is InChI=1S/C19H20N8O3S/c20-8-7-13(11-3-1-2-4-11)26-10-12(9-23-26)16-14-5-6-15(17(21)28)27(14)25-18(24-16)19(29)30-31-22/h5-6,9-11,13H,1-4,7,22H2,(H2,21,28). The number of nitriles is 1. The van der Waals surface area contributed by atoms with E-state index in [1.54, 1.807) is 23.1 Å². The fourth-order valence-electron chi connectivity index (χ4n) is 4.12. The highest BCUT2D eigenvalue weighted by Crippen LogP contribution is 2.36. The zero-order valence-corrected chi connectivity index (χ0v) is 17.3. The summed E-state index contributed by atoms with van der Waals surface area (Å²) in [6.07, 6.45) is 8.19. The van der Waals surface area contributed by atoms with Gasteiger partial charge in [0.2, 0.25) is 0 Å². The van der Waals surface area contributed by atoms with E-state index in [4.69, 9.17) is 15.1 Å². The molecule has 0 aliphatic heterocycles. The van der Waals surface area contributed by atoms with Crippen LogP contribution in [0.3, 0.4) is 0 Å². The largest absolute Gasteiger partial charge is 0.391 e. The summed E-state index contributed by atoms with van der Waals surface area (Å²) < 4.78 is 7.78. The van der Waals surface area contributed by atoms with Crippen molar-refractivity contribution in [2.75, 3.05) is 0 Å². The van der Waals surface area contributed by atoms with Crippen LogP contribution in [0.5, 0.6) is 0 Å². The van der Waals surface area contributed by atoms with Crippen LogP contribution in [0.2, 0.25) is 0 Å². The van der Waals surface area contributed by atoms with Crippen LogP contribution in [0.15, 0.2) is 24.5 Å². The Hall–Kier alpha value is -3.43. The molecule has 12 heteroatoms. The number of hydrogen-bond acceptors (Lipinski definition) is 9. The predicted octanol–water partition coefficient (Wildman–Crippen LogP) is 2.02. The van der Waals surface area contributed by atoms with Gasteiger partial charge in [0.05, 0.1) is 30.2 Å². The minimum absolute atomic E-state index is 0.0369. The van der Waals surface area contributed by atoms with Gasteiger partial charge in [0.15, 0.2) is 0 Å². The van der Waals surface area contributed by atoms with Crippen LogP contribution in [0, 0.1) is 17.2 Å². The molecule has 0 aromatic carbocycles. The number of carbonyl (C=O) groups is 2. The van der Waals surface area contributed by atoms with Crippen molar-refractivity contribution in [1.82, 2.24) is 24.4 Å². The fraction of sp³-hybridized carbons (Fsp3) is 0.368. The van der Waals surface area contributed by atoms with Gasteiger partial charge in [-0.3, -0.25) is 9.48 Å². The second-order valence-corrected chi connectivity index (χ2v) is 7.67. The Kier molecular flexibility index (Phi) is 5.88. The first kappa shape index (κ1) is 20.8. The second kappa shape index (κ2) is 8.75. The van der Waals surface area contributed by atoms with Crippen molar-refractivity contribution in [2.45, 2.75) is 38.1 Å². The number of carbonyl (C=O) groups excluding carboxylic acids is 2. The molecule has 11 nitrogen and oxygen atoms in total. The van der Waals surface area contributed by atoms with Crippen molar-refractivity contribution in [3.05, 3.63) is 36.0 Å². The normalized spacial score (nSPS) is 15.1. The number of amides is 1. The van der Waals surface area contributed by atoms with Crippen molar-refractivity contribution in [1.29, 1.82) is 5.26 Å². The van der Waals surface area contributed by atoms with Crippen LogP contribution in [-0.2, 0) is 4.18 Å². The Bertz CT molecular complexity index is 1170. The molecule has 0 radical (unpaired) electrons. The van der Waals surface area contributed by atoms with Gasteiger partial charge in [-0.05, 0) is 30.9 Å². The molecule has 31 heavy (non-hydrogen) atoms. The molecule has 3 aromatic heterocycles. The summed E-state index contributed by atoms with van der Waals surface area (Å²) in [5.74, 6) is -1.46. The molecule has 0 bridgehead atoms. The van der Waals surface area contributed by atoms with Gasteiger partial charge in [0.25, 0.3) is 11.7 Å². The minimum Gasteiger partial charge on any atom is -0.369 e. The Morgan fingerprint density at radius 1 is 1.35 bits per heavy atom. The molecule has 0 spiro atoms. The lowest BCUT2D eigenvalue weighted by Gasteiger charge is -2.21. The van der Waals surface area contributed by atoms with E-state index in [1.165, 1.54) is 10.6 Å². The average Bonchev–Trinajstić information content (AvgIpc) is 3.52. The van der Waals surface area contributed by atoms with Crippen LogP contribution in [-0.4, -0.2) is 36.3 Å². The Balaban J connectivity index is 1.81. The minimum atomic E-state index is -0.861. The van der Waals surface area contributed by atoms with E-state index in [2.05, 4.69) is 21.3 Å². The number of hydrogen-bond donors (Lipinski definition) is 2. The lowest BCUT2D eigenvalue weighted by atomic mass is 9.96. The highest BCUT2D eigenvalue weighted by Gasteiger charge is 2.28. The lowest BCUT2D eigenvalue weighted by molar-refractivity contribution is 0.0753. The molecule has 4 rings (SSSR count). The number of aromatic nitrogens is 5. The lowest BCUT2D eigenvalue weighted by Crippen LogP contribution is -2.18. The summed E-state index contributed by atoms with van der Waals surface area (Å²) in [6, 6.07) is 5.37. The Morgan fingerprint density at radius 3 is 2.81 bits per heavy atom. The van der Waals surface area contributed by atoms with Crippen LogP contribution < -0.4 is 10.9 Å². The van der Waals surface area contributed by atoms with Gasteiger partial charge in [-0.1, -0.05) is 12.8 Å². The van der Waals surface area contributed by atoms with Crippen LogP contribution in [0.25, 0.3) is 16.8 Å². The summed E-state index contributed by atoms with van der Waals surface area (Å²) in [5.41, 5.74) is 6.99. The molecule has 1 aliphatic rings. The van der Waals surface area contributed by atoms with Crippen molar-refractivity contribution in [3.63, 3.8) is 0 Å². The molecular formula is C19H20N8O3S. The molecular weight excluding hydrogens is 420 g/mol. The smallest absolute Gasteiger partial charge is 0.369 e. The first-order chi connectivity index (χ1) is 15.0. The van der Waals surface area contributed by atoms with Crippen LogP contribution in [0.1, 0.15) is 59.3 Å². The van der Waals surface area contributed by atoms with E-state index in [0.29, 0.717) is 41.3 Å². The number of nitrogens with zero attached hydrogens (tertiary/aromatic N) is 6. The molecule has 1 atom stereocenters. The van der Waals surface area contributed by atoms with Crippen molar-refractivity contribution < 1.29 is 13.8 Å². The Morgan fingerprint density at radius 2 is 2.13 bits per heavy atom. The molecule has 3 heterocycles. The monoisotopic (exact) mass is 440 g/mol. The van der Waals surface area contributed by atoms with Gasteiger partial charge in [0.1, 0.15) is 23.6 Å². The van der Waals surface area contributed by atoms with E-state index < -0.39 is 11.9 Å². The summed E-state index contributed by atoms with van der Waals surface area (Å²) in [5, 5.41) is 23.1. The number of fused-ring (bicyclic) bond motifs is 1. The summed E-state index contributed by atoms with van der Waals surface area (Å²) in [7, 11) is 0. The van der Waals surface area contributed by atoms with Gasteiger partial charge < -0.3 is 9.92 Å². The summed E-state index contributed by atoms with van der Waals surface area (Å²) in [4.78, 5) is 28.3. The Labute approximate surface area is 181 Å². The maximum Gasteiger partial charge on any atom is 0.391 e. The molecule has 1 unspecified atom stereocenters. The first-order valence-corrected chi connectivity index (χ1v) is 10.5. The second-order valence-electron chi connectivity index (χ2n) is 7.31. The van der Waals surface area contributed by atoms with E-state index >= 15 is 0 Å². The van der Waals surface area contributed by atoms with Crippen LogP contribution in [0.4, 0.5) is 0 Å². The van der Waals surface area contributed by atoms with Crippen molar-refractivity contribution >= 4 is 29.6 Å². The van der Waals surface area contributed by atoms with E-state index in [9.17, 15) is 14.9 Å². The zero-order chi connectivity index (χ0) is 22.0. The highest BCUT2D eigenvalue weighted by atomic mass is 32.2. The van der Waals surface area contributed by atoms with Gasteiger partial charge in [0, 0.05) is 11.8 Å². The third kappa shape index (κ3) is 3.97. The van der Waals surface area contributed by atoms with Crippen LogP contribution >= 0.6 is 12.2 Å².